The van der Waals surface area contributed by atoms with Gasteiger partial charge in [0.1, 0.15) is 11.6 Å². The third kappa shape index (κ3) is 2.50. The molecule has 0 bridgehead atoms. The molecule has 2 aromatic heterocycles. The highest BCUT2D eigenvalue weighted by Gasteiger charge is 2.11. The van der Waals surface area contributed by atoms with E-state index in [1.54, 1.807) is 6.92 Å². The first-order chi connectivity index (χ1) is 8.10. The van der Waals surface area contributed by atoms with Gasteiger partial charge in [-0.25, -0.2) is 4.98 Å². The van der Waals surface area contributed by atoms with E-state index in [0.29, 0.717) is 30.1 Å². The third-order valence-corrected chi connectivity index (χ3v) is 2.16. The van der Waals surface area contributed by atoms with Gasteiger partial charge in [0.15, 0.2) is 0 Å². The first kappa shape index (κ1) is 11.7. The van der Waals surface area contributed by atoms with Gasteiger partial charge in [0.05, 0.1) is 0 Å². The fourth-order valence-electron chi connectivity index (χ4n) is 1.38. The van der Waals surface area contributed by atoms with Crippen molar-refractivity contribution in [2.75, 3.05) is 11.9 Å². The van der Waals surface area contributed by atoms with Gasteiger partial charge in [0, 0.05) is 6.54 Å². The van der Waals surface area contributed by atoms with Crippen molar-refractivity contribution >= 4 is 17.5 Å². The van der Waals surface area contributed by atoms with E-state index in [1.165, 1.54) is 4.68 Å². The molecule has 0 fully saturated rings. The molecule has 0 aromatic carbocycles. The van der Waals surface area contributed by atoms with Gasteiger partial charge in [0.2, 0.25) is 11.2 Å². The van der Waals surface area contributed by atoms with Gasteiger partial charge in [0.25, 0.3) is 5.95 Å². The van der Waals surface area contributed by atoms with E-state index >= 15 is 0 Å². The predicted molar refractivity (Wildman–Crippen MR) is 63.4 cm³/mol. The first-order valence-corrected chi connectivity index (χ1v) is 5.54. The summed E-state index contributed by atoms with van der Waals surface area (Å²) in [5.41, 5.74) is 0. The molecule has 2 rings (SSSR count). The van der Waals surface area contributed by atoms with Gasteiger partial charge in [-0.3, -0.25) is 0 Å². The quantitative estimate of drug-likeness (QED) is 0.884. The minimum absolute atomic E-state index is 0.124. The van der Waals surface area contributed by atoms with Crippen LogP contribution in [-0.2, 0) is 0 Å². The second-order valence-corrected chi connectivity index (χ2v) is 3.71. The van der Waals surface area contributed by atoms with Gasteiger partial charge in [-0.2, -0.15) is 19.6 Å². The van der Waals surface area contributed by atoms with Crippen LogP contribution in [0.5, 0.6) is 0 Å². The Labute approximate surface area is 103 Å². The van der Waals surface area contributed by atoms with Gasteiger partial charge >= 0.3 is 0 Å². The molecule has 0 aliphatic carbocycles. The Morgan fingerprint density at radius 3 is 2.53 bits per heavy atom. The van der Waals surface area contributed by atoms with E-state index in [1.807, 2.05) is 13.8 Å². The van der Waals surface area contributed by atoms with Crippen molar-refractivity contribution in [2.45, 2.75) is 20.8 Å². The Kier molecular flexibility index (Phi) is 3.19. The molecule has 0 aliphatic heterocycles. The third-order valence-electron chi connectivity index (χ3n) is 2.00. The lowest BCUT2D eigenvalue weighted by Gasteiger charge is -2.05. The standard InChI is InChI=1S/C9H12ClN7/c1-4-11-8-13-7(10)14-9(15-8)17-6(3)12-5(2)16-17/h4H2,1-3H3,(H,11,13,14,15). The predicted octanol–water partition coefficient (Wildman–Crippen LogP) is 1.15. The molecule has 0 spiro atoms. The van der Waals surface area contributed by atoms with Crippen LogP contribution < -0.4 is 5.32 Å². The molecule has 0 amide bonds. The SMILES string of the molecule is CCNc1nc(Cl)nc(-n2nc(C)nc2C)n1. The zero-order valence-corrected chi connectivity index (χ0v) is 10.5. The van der Waals surface area contributed by atoms with E-state index in [4.69, 9.17) is 11.6 Å². The molecule has 90 valence electrons. The largest absolute Gasteiger partial charge is 0.354 e. The second-order valence-electron chi connectivity index (χ2n) is 3.38. The molecule has 0 saturated carbocycles. The van der Waals surface area contributed by atoms with E-state index in [9.17, 15) is 0 Å². The number of aromatic nitrogens is 6. The lowest BCUT2D eigenvalue weighted by atomic mass is 10.7. The highest BCUT2D eigenvalue weighted by atomic mass is 35.5. The average molecular weight is 254 g/mol. The van der Waals surface area contributed by atoms with Crippen molar-refractivity contribution in [3.63, 3.8) is 0 Å². The van der Waals surface area contributed by atoms with Crippen LogP contribution in [-0.4, -0.2) is 36.3 Å². The zero-order chi connectivity index (χ0) is 12.4. The highest BCUT2D eigenvalue weighted by Crippen LogP contribution is 2.10. The molecule has 1 N–H and O–H groups in total. The number of nitrogens with one attached hydrogen (secondary N) is 1. The maximum absolute atomic E-state index is 5.83. The summed E-state index contributed by atoms with van der Waals surface area (Å²) in [7, 11) is 0. The highest BCUT2D eigenvalue weighted by molar-refractivity contribution is 6.28. The Morgan fingerprint density at radius 2 is 1.94 bits per heavy atom. The Bertz CT molecular complexity index is 536. The Morgan fingerprint density at radius 1 is 1.18 bits per heavy atom. The fourth-order valence-corrected chi connectivity index (χ4v) is 1.54. The minimum atomic E-state index is 0.124. The van der Waals surface area contributed by atoms with Crippen molar-refractivity contribution in [2.24, 2.45) is 0 Å². The van der Waals surface area contributed by atoms with E-state index < -0.39 is 0 Å². The van der Waals surface area contributed by atoms with E-state index in [2.05, 4.69) is 30.4 Å². The topological polar surface area (TPSA) is 81.4 Å². The normalized spacial score (nSPS) is 10.6. The van der Waals surface area contributed by atoms with Gasteiger partial charge in [-0.15, -0.1) is 5.10 Å². The van der Waals surface area contributed by atoms with Crippen LogP contribution in [0, 0.1) is 13.8 Å². The summed E-state index contributed by atoms with van der Waals surface area (Å²) >= 11 is 5.83. The molecule has 7 nitrogen and oxygen atoms in total. The number of hydrogen-bond acceptors (Lipinski definition) is 6. The van der Waals surface area contributed by atoms with Crippen LogP contribution in [0.1, 0.15) is 18.6 Å². The maximum atomic E-state index is 5.83. The van der Waals surface area contributed by atoms with Crippen LogP contribution in [0.2, 0.25) is 5.28 Å². The van der Waals surface area contributed by atoms with Crippen molar-refractivity contribution in [1.29, 1.82) is 0 Å². The summed E-state index contributed by atoms with van der Waals surface area (Å²) in [5, 5.41) is 7.29. The van der Waals surface area contributed by atoms with Crippen molar-refractivity contribution in [3.05, 3.63) is 16.9 Å². The summed E-state index contributed by atoms with van der Waals surface area (Å²) in [6.07, 6.45) is 0. The van der Waals surface area contributed by atoms with Gasteiger partial charge in [-0.1, -0.05) is 0 Å². The molecule has 0 radical (unpaired) electrons. The van der Waals surface area contributed by atoms with Crippen LogP contribution >= 0.6 is 11.6 Å². The minimum Gasteiger partial charge on any atom is -0.354 e. The fraction of sp³-hybridized carbons (Fsp3) is 0.444. The summed E-state index contributed by atoms with van der Waals surface area (Å²) < 4.78 is 1.53. The number of rotatable bonds is 3. The molecule has 2 heterocycles. The van der Waals surface area contributed by atoms with Crippen LogP contribution in [0.3, 0.4) is 0 Å². The molecular weight excluding hydrogens is 242 g/mol. The Hall–Kier alpha value is -1.76. The molecule has 0 unspecified atom stereocenters. The smallest absolute Gasteiger partial charge is 0.258 e. The Balaban J connectivity index is 2.48. The summed E-state index contributed by atoms with van der Waals surface area (Å²) in [6, 6.07) is 0. The lowest BCUT2D eigenvalue weighted by molar-refractivity contribution is 0.762. The van der Waals surface area contributed by atoms with Gasteiger partial charge < -0.3 is 5.32 Å². The van der Waals surface area contributed by atoms with Crippen LogP contribution in [0.15, 0.2) is 0 Å². The van der Waals surface area contributed by atoms with Gasteiger partial charge in [-0.05, 0) is 32.4 Å². The lowest BCUT2D eigenvalue weighted by Crippen LogP contribution is -2.10. The van der Waals surface area contributed by atoms with E-state index in [-0.39, 0.29) is 5.28 Å². The average Bonchev–Trinajstić information content (AvgIpc) is 2.57. The molecular formula is C9H12ClN7. The molecule has 17 heavy (non-hydrogen) atoms. The number of halogens is 1. The number of aryl methyl sites for hydroxylation is 2. The number of hydrogen-bond donors (Lipinski definition) is 1. The van der Waals surface area contributed by atoms with Crippen LogP contribution in [0.4, 0.5) is 5.95 Å². The summed E-state index contributed by atoms with van der Waals surface area (Å²) in [5.74, 6) is 2.14. The number of anilines is 1. The molecule has 0 saturated heterocycles. The van der Waals surface area contributed by atoms with Crippen molar-refractivity contribution in [1.82, 2.24) is 29.7 Å². The summed E-state index contributed by atoms with van der Waals surface area (Å²) in [6.45, 7) is 6.28. The van der Waals surface area contributed by atoms with E-state index in [0.717, 1.165) is 0 Å². The summed E-state index contributed by atoms with van der Waals surface area (Å²) in [4.78, 5) is 16.4. The second kappa shape index (κ2) is 4.62. The molecule has 8 heteroatoms. The number of nitrogens with zero attached hydrogens (tertiary/aromatic N) is 6. The van der Waals surface area contributed by atoms with Crippen molar-refractivity contribution < 1.29 is 0 Å². The zero-order valence-electron chi connectivity index (χ0n) is 9.77. The maximum Gasteiger partial charge on any atom is 0.258 e. The first-order valence-electron chi connectivity index (χ1n) is 5.16. The monoisotopic (exact) mass is 253 g/mol. The molecule has 0 aliphatic rings. The van der Waals surface area contributed by atoms with Crippen LogP contribution in [0.25, 0.3) is 5.95 Å². The molecule has 2 aromatic rings. The van der Waals surface area contributed by atoms with Crippen molar-refractivity contribution in [3.8, 4) is 5.95 Å². The molecule has 0 atom stereocenters.